The van der Waals surface area contributed by atoms with Gasteiger partial charge in [0, 0.05) is 6.54 Å². The molecule has 0 amide bonds. The van der Waals surface area contributed by atoms with Crippen LogP contribution in [-0.2, 0) is 6.54 Å². The molecule has 1 aliphatic carbocycles. The fourth-order valence-corrected chi connectivity index (χ4v) is 5.76. The van der Waals surface area contributed by atoms with E-state index in [-0.39, 0.29) is 12.1 Å². The molecule has 0 aliphatic heterocycles. The van der Waals surface area contributed by atoms with Gasteiger partial charge in [-0.15, -0.1) is 0 Å². The maximum absolute atomic E-state index is 10.3. The monoisotopic (exact) mass is 454 g/mol. The average molecular weight is 455 g/mol. The number of rotatable bonds is 5. The Morgan fingerprint density at radius 2 is 1.82 bits per heavy atom. The SMILES string of the molecule is OC1CCCCC1Nc1nc2ccc(Cn3cnc4cc(-c5ccccc5)ccc43)cc2s1. The van der Waals surface area contributed by atoms with Crippen molar-refractivity contribution in [1.29, 1.82) is 0 Å². The number of thiazole rings is 1. The number of nitrogens with one attached hydrogen (secondary N) is 1. The number of anilines is 1. The molecule has 166 valence electrons. The van der Waals surface area contributed by atoms with Crippen molar-refractivity contribution < 1.29 is 5.11 Å². The van der Waals surface area contributed by atoms with Gasteiger partial charge in [-0.3, -0.25) is 0 Å². The van der Waals surface area contributed by atoms with E-state index >= 15 is 0 Å². The second-order valence-corrected chi connectivity index (χ2v) is 9.90. The lowest BCUT2D eigenvalue weighted by Crippen LogP contribution is -2.36. The van der Waals surface area contributed by atoms with Gasteiger partial charge in [-0.1, -0.05) is 66.6 Å². The maximum atomic E-state index is 10.3. The van der Waals surface area contributed by atoms with Gasteiger partial charge in [0.25, 0.3) is 0 Å². The molecule has 6 rings (SSSR count). The predicted octanol–water partition coefficient (Wildman–Crippen LogP) is 6.08. The predicted molar refractivity (Wildman–Crippen MR) is 136 cm³/mol. The van der Waals surface area contributed by atoms with Gasteiger partial charge in [-0.2, -0.15) is 0 Å². The van der Waals surface area contributed by atoms with E-state index in [0.29, 0.717) is 0 Å². The third-order valence-electron chi connectivity index (χ3n) is 6.57. The van der Waals surface area contributed by atoms with Gasteiger partial charge in [0.1, 0.15) is 0 Å². The molecule has 1 saturated carbocycles. The Hall–Kier alpha value is -3.22. The molecular weight excluding hydrogens is 428 g/mol. The van der Waals surface area contributed by atoms with Crippen LogP contribution in [0.3, 0.4) is 0 Å². The van der Waals surface area contributed by atoms with E-state index in [1.54, 1.807) is 11.3 Å². The van der Waals surface area contributed by atoms with E-state index in [9.17, 15) is 5.11 Å². The van der Waals surface area contributed by atoms with Gasteiger partial charge in [-0.05, 0) is 53.8 Å². The van der Waals surface area contributed by atoms with Crippen molar-refractivity contribution in [3.63, 3.8) is 0 Å². The molecule has 0 saturated heterocycles. The van der Waals surface area contributed by atoms with Crippen molar-refractivity contribution in [2.24, 2.45) is 0 Å². The highest BCUT2D eigenvalue weighted by molar-refractivity contribution is 7.22. The number of nitrogens with zero attached hydrogens (tertiary/aromatic N) is 3. The molecule has 33 heavy (non-hydrogen) atoms. The maximum Gasteiger partial charge on any atom is 0.184 e. The van der Waals surface area contributed by atoms with Gasteiger partial charge in [0.2, 0.25) is 0 Å². The van der Waals surface area contributed by atoms with Crippen LogP contribution in [0.15, 0.2) is 73.1 Å². The zero-order valence-electron chi connectivity index (χ0n) is 18.3. The number of aliphatic hydroxyl groups is 1. The molecule has 0 bridgehead atoms. The minimum atomic E-state index is -0.279. The van der Waals surface area contributed by atoms with Crippen molar-refractivity contribution in [2.75, 3.05) is 5.32 Å². The first-order chi connectivity index (χ1) is 16.2. The van der Waals surface area contributed by atoms with Crippen LogP contribution in [0.2, 0.25) is 0 Å². The lowest BCUT2D eigenvalue weighted by molar-refractivity contribution is 0.116. The molecule has 2 N–H and O–H groups in total. The van der Waals surface area contributed by atoms with E-state index in [1.165, 1.54) is 16.7 Å². The molecule has 2 heterocycles. The minimum Gasteiger partial charge on any atom is -0.391 e. The number of aromatic nitrogens is 3. The summed E-state index contributed by atoms with van der Waals surface area (Å²) in [5, 5.41) is 14.6. The molecule has 0 radical (unpaired) electrons. The first-order valence-corrected chi connectivity index (χ1v) is 12.4. The number of hydrogen-bond donors (Lipinski definition) is 2. The number of imidazole rings is 1. The number of hydrogen-bond acceptors (Lipinski definition) is 5. The van der Waals surface area contributed by atoms with Crippen molar-refractivity contribution in [3.8, 4) is 11.1 Å². The van der Waals surface area contributed by atoms with Crippen LogP contribution in [0, 0.1) is 0 Å². The lowest BCUT2D eigenvalue weighted by Gasteiger charge is -2.27. The van der Waals surface area contributed by atoms with Gasteiger partial charge >= 0.3 is 0 Å². The zero-order chi connectivity index (χ0) is 22.2. The summed E-state index contributed by atoms with van der Waals surface area (Å²) in [5.74, 6) is 0. The number of aliphatic hydroxyl groups excluding tert-OH is 1. The summed E-state index contributed by atoms with van der Waals surface area (Å²) in [7, 11) is 0. The largest absolute Gasteiger partial charge is 0.391 e. The molecule has 2 atom stereocenters. The van der Waals surface area contributed by atoms with Gasteiger partial charge in [0.05, 0.1) is 39.7 Å². The van der Waals surface area contributed by atoms with Crippen molar-refractivity contribution in [3.05, 3.63) is 78.6 Å². The van der Waals surface area contributed by atoms with Crippen LogP contribution >= 0.6 is 11.3 Å². The van der Waals surface area contributed by atoms with Crippen molar-refractivity contribution in [2.45, 2.75) is 44.4 Å². The molecular formula is C27H26N4OS. The highest BCUT2D eigenvalue weighted by atomic mass is 32.1. The smallest absolute Gasteiger partial charge is 0.184 e. The van der Waals surface area contributed by atoms with Gasteiger partial charge < -0.3 is 15.0 Å². The minimum absolute atomic E-state index is 0.108. The second kappa shape index (κ2) is 8.61. The summed E-state index contributed by atoms with van der Waals surface area (Å²) in [6.45, 7) is 0.763. The molecule has 2 unspecified atom stereocenters. The van der Waals surface area contributed by atoms with Crippen molar-refractivity contribution in [1.82, 2.24) is 14.5 Å². The second-order valence-electron chi connectivity index (χ2n) is 8.87. The summed E-state index contributed by atoms with van der Waals surface area (Å²) in [4.78, 5) is 9.40. The molecule has 3 aromatic carbocycles. The van der Waals surface area contributed by atoms with E-state index in [2.05, 4.69) is 75.5 Å². The first kappa shape index (κ1) is 20.4. The molecule has 1 fully saturated rings. The Kier molecular flexibility index (Phi) is 5.32. The quantitative estimate of drug-likeness (QED) is 0.338. The fourth-order valence-electron chi connectivity index (χ4n) is 4.76. The molecule has 6 heteroatoms. The van der Waals surface area contributed by atoms with E-state index in [0.717, 1.165) is 58.6 Å². The Morgan fingerprint density at radius 1 is 0.939 bits per heavy atom. The first-order valence-electron chi connectivity index (χ1n) is 11.6. The Balaban J connectivity index is 1.23. The van der Waals surface area contributed by atoms with Crippen LogP contribution in [0.5, 0.6) is 0 Å². The van der Waals surface area contributed by atoms with Crippen molar-refractivity contribution >= 4 is 37.7 Å². The Labute approximate surface area is 196 Å². The van der Waals surface area contributed by atoms with Crippen LogP contribution in [-0.4, -0.2) is 31.8 Å². The lowest BCUT2D eigenvalue weighted by atomic mass is 9.93. The van der Waals surface area contributed by atoms with E-state index in [4.69, 9.17) is 4.98 Å². The molecule has 1 aliphatic rings. The summed E-state index contributed by atoms with van der Waals surface area (Å²) >= 11 is 1.66. The van der Waals surface area contributed by atoms with Gasteiger partial charge in [-0.25, -0.2) is 9.97 Å². The highest BCUT2D eigenvalue weighted by Crippen LogP contribution is 2.30. The normalized spacial score (nSPS) is 18.7. The Bertz CT molecular complexity index is 1410. The fraction of sp³-hybridized carbons (Fsp3) is 0.259. The van der Waals surface area contributed by atoms with Crippen LogP contribution in [0.1, 0.15) is 31.2 Å². The molecule has 5 nitrogen and oxygen atoms in total. The molecule has 2 aromatic heterocycles. The third kappa shape index (κ3) is 4.12. The molecule has 0 spiro atoms. The third-order valence-corrected chi connectivity index (χ3v) is 7.52. The van der Waals surface area contributed by atoms with Crippen LogP contribution in [0.4, 0.5) is 5.13 Å². The topological polar surface area (TPSA) is 63.0 Å². The highest BCUT2D eigenvalue weighted by Gasteiger charge is 2.23. The van der Waals surface area contributed by atoms with Crippen LogP contribution in [0.25, 0.3) is 32.4 Å². The molecule has 5 aromatic rings. The summed E-state index contributed by atoms with van der Waals surface area (Å²) in [5.41, 5.74) is 6.75. The standard InChI is InChI=1S/C27H26N4OS/c32-25-9-5-4-8-21(25)29-27-30-22-12-10-18(14-26(22)33-27)16-31-17-28-23-15-20(11-13-24(23)31)19-6-2-1-3-7-19/h1-3,6-7,10-15,17,21,25,32H,4-5,8-9,16H2,(H,29,30). The Morgan fingerprint density at radius 3 is 2.70 bits per heavy atom. The van der Waals surface area contributed by atoms with Gasteiger partial charge in [0.15, 0.2) is 5.13 Å². The number of benzene rings is 3. The summed E-state index contributed by atoms with van der Waals surface area (Å²) in [6.07, 6.45) is 5.79. The summed E-state index contributed by atoms with van der Waals surface area (Å²) < 4.78 is 3.36. The average Bonchev–Trinajstić information content (AvgIpc) is 3.44. The van der Waals surface area contributed by atoms with E-state index in [1.807, 2.05) is 12.4 Å². The van der Waals surface area contributed by atoms with Crippen LogP contribution < -0.4 is 5.32 Å². The van der Waals surface area contributed by atoms with E-state index < -0.39 is 0 Å². The summed E-state index contributed by atoms with van der Waals surface area (Å²) in [6, 6.07) is 23.5. The number of fused-ring (bicyclic) bond motifs is 2. The zero-order valence-corrected chi connectivity index (χ0v) is 19.1.